The van der Waals surface area contributed by atoms with Crippen LogP contribution in [0.25, 0.3) is 0 Å². The predicted octanol–water partition coefficient (Wildman–Crippen LogP) is 6.58. The first kappa shape index (κ1) is 19.0. The molecule has 2 atom stereocenters. The van der Waals surface area contributed by atoms with Crippen molar-refractivity contribution in [2.45, 2.75) is 90.6 Å². The van der Waals surface area contributed by atoms with E-state index >= 15 is 0 Å². The lowest BCUT2D eigenvalue weighted by molar-refractivity contribution is -0.0417. The van der Waals surface area contributed by atoms with E-state index in [2.05, 4.69) is 38.1 Å². The molecule has 1 aliphatic heterocycles. The molecule has 1 saturated carbocycles. The van der Waals surface area contributed by atoms with Crippen LogP contribution in [0.15, 0.2) is 24.3 Å². The number of rotatable bonds is 7. The Bertz CT molecular complexity index is 475. The summed E-state index contributed by atoms with van der Waals surface area (Å²) in [6, 6.07) is 9.26. The van der Waals surface area contributed by atoms with Gasteiger partial charge in [-0.1, -0.05) is 63.8 Å². The van der Waals surface area contributed by atoms with Crippen molar-refractivity contribution in [2.75, 3.05) is 6.61 Å². The van der Waals surface area contributed by atoms with Crippen LogP contribution in [0.5, 0.6) is 0 Å². The Morgan fingerprint density at radius 1 is 0.800 bits per heavy atom. The van der Waals surface area contributed by atoms with Gasteiger partial charge in [0.25, 0.3) is 0 Å². The summed E-state index contributed by atoms with van der Waals surface area (Å²) in [5.41, 5.74) is 2.95. The largest absolute Gasteiger partial charge is 0.378 e. The molecule has 1 saturated heterocycles. The van der Waals surface area contributed by atoms with Crippen LogP contribution in [0.4, 0.5) is 0 Å². The summed E-state index contributed by atoms with van der Waals surface area (Å²) in [6.45, 7) is 5.63. The fraction of sp³-hybridized carbons (Fsp3) is 0.750. The number of aryl methyl sites for hydroxylation is 2. The van der Waals surface area contributed by atoms with Crippen LogP contribution >= 0.6 is 0 Å². The smallest absolute Gasteiger partial charge is 0.0578 e. The molecule has 0 amide bonds. The standard InChI is InChI=1S/C24H38O/c1-3-5-20-6-8-21(9-7-20)12-16-24-17-15-23(18-25-24)22-13-10-19(4-2)11-14-22/h6-9,19,22-24H,3-5,10-18H2,1-2H3. The van der Waals surface area contributed by atoms with E-state index < -0.39 is 0 Å². The molecule has 1 aromatic carbocycles. The minimum absolute atomic E-state index is 0.499. The molecule has 25 heavy (non-hydrogen) atoms. The van der Waals surface area contributed by atoms with Gasteiger partial charge < -0.3 is 4.74 Å². The normalized spacial score (nSPS) is 30.3. The van der Waals surface area contributed by atoms with Crippen molar-refractivity contribution < 1.29 is 4.74 Å². The zero-order valence-corrected chi connectivity index (χ0v) is 16.5. The van der Waals surface area contributed by atoms with E-state index in [-0.39, 0.29) is 0 Å². The van der Waals surface area contributed by atoms with Gasteiger partial charge in [0.15, 0.2) is 0 Å². The van der Waals surface area contributed by atoms with Crippen LogP contribution in [0.3, 0.4) is 0 Å². The van der Waals surface area contributed by atoms with Crippen LogP contribution in [-0.4, -0.2) is 12.7 Å². The Morgan fingerprint density at radius 3 is 2.00 bits per heavy atom. The summed E-state index contributed by atoms with van der Waals surface area (Å²) in [5.74, 6) is 2.81. The first-order valence-corrected chi connectivity index (χ1v) is 11.0. The first-order chi connectivity index (χ1) is 12.3. The lowest BCUT2D eigenvalue weighted by atomic mass is 9.73. The molecule has 0 spiro atoms. The van der Waals surface area contributed by atoms with Gasteiger partial charge in [-0.25, -0.2) is 0 Å². The van der Waals surface area contributed by atoms with E-state index in [1.807, 2.05) is 0 Å². The molecule has 0 N–H and O–H groups in total. The van der Waals surface area contributed by atoms with E-state index in [1.54, 1.807) is 0 Å². The summed E-state index contributed by atoms with van der Waals surface area (Å²) in [6.07, 6.45) is 15.2. The van der Waals surface area contributed by atoms with Crippen molar-refractivity contribution in [1.82, 2.24) is 0 Å². The molecule has 2 aliphatic rings. The molecule has 1 nitrogen and oxygen atoms in total. The van der Waals surface area contributed by atoms with Crippen molar-refractivity contribution in [3.8, 4) is 0 Å². The maximum absolute atomic E-state index is 6.28. The zero-order valence-electron chi connectivity index (χ0n) is 16.5. The SMILES string of the molecule is CCCc1ccc(CCC2CCC(C3CCC(CC)CC3)CO2)cc1. The fourth-order valence-corrected chi connectivity index (χ4v) is 4.98. The number of ether oxygens (including phenoxy) is 1. The van der Waals surface area contributed by atoms with Gasteiger partial charge in [0.2, 0.25) is 0 Å². The Morgan fingerprint density at radius 2 is 1.44 bits per heavy atom. The van der Waals surface area contributed by atoms with Crippen LogP contribution in [0.1, 0.15) is 82.8 Å². The molecule has 0 aromatic heterocycles. The highest BCUT2D eigenvalue weighted by molar-refractivity contribution is 5.22. The van der Waals surface area contributed by atoms with Gasteiger partial charge in [0, 0.05) is 0 Å². The van der Waals surface area contributed by atoms with Crippen molar-refractivity contribution in [2.24, 2.45) is 17.8 Å². The highest BCUT2D eigenvalue weighted by Gasteiger charge is 2.30. The third-order valence-electron chi connectivity index (χ3n) is 6.86. The van der Waals surface area contributed by atoms with Crippen LogP contribution in [0, 0.1) is 17.8 Å². The Kier molecular flexibility index (Phi) is 7.40. The average Bonchev–Trinajstić information content (AvgIpc) is 2.68. The lowest BCUT2D eigenvalue weighted by Gasteiger charge is -2.37. The van der Waals surface area contributed by atoms with E-state index in [0.29, 0.717) is 6.10 Å². The van der Waals surface area contributed by atoms with Crippen LogP contribution in [-0.2, 0) is 17.6 Å². The van der Waals surface area contributed by atoms with Gasteiger partial charge in [-0.2, -0.15) is 0 Å². The van der Waals surface area contributed by atoms with Crippen molar-refractivity contribution in [1.29, 1.82) is 0 Å². The Hall–Kier alpha value is -0.820. The van der Waals surface area contributed by atoms with Gasteiger partial charge in [-0.15, -0.1) is 0 Å². The zero-order chi connectivity index (χ0) is 17.5. The lowest BCUT2D eigenvalue weighted by Crippen LogP contribution is -2.32. The highest BCUT2D eigenvalue weighted by Crippen LogP contribution is 2.38. The molecule has 3 rings (SSSR count). The van der Waals surface area contributed by atoms with E-state index in [9.17, 15) is 0 Å². The summed E-state index contributed by atoms with van der Waals surface area (Å²) in [4.78, 5) is 0. The van der Waals surface area contributed by atoms with Crippen LogP contribution in [0.2, 0.25) is 0 Å². The molecule has 0 bridgehead atoms. The topological polar surface area (TPSA) is 9.23 Å². The number of hydrogen-bond donors (Lipinski definition) is 0. The summed E-state index contributed by atoms with van der Waals surface area (Å²) < 4.78 is 6.28. The third-order valence-corrected chi connectivity index (χ3v) is 6.86. The minimum atomic E-state index is 0.499. The second-order valence-electron chi connectivity index (χ2n) is 8.59. The predicted molar refractivity (Wildman–Crippen MR) is 107 cm³/mol. The minimum Gasteiger partial charge on any atom is -0.378 e. The van der Waals surface area contributed by atoms with Gasteiger partial charge in [-0.05, 0) is 73.8 Å². The molecular weight excluding hydrogens is 304 g/mol. The average molecular weight is 343 g/mol. The maximum Gasteiger partial charge on any atom is 0.0578 e. The number of benzene rings is 1. The van der Waals surface area contributed by atoms with Crippen LogP contribution < -0.4 is 0 Å². The van der Waals surface area contributed by atoms with Gasteiger partial charge in [-0.3, -0.25) is 0 Å². The van der Waals surface area contributed by atoms with Gasteiger partial charge in [0.1, 0.15) is 0 Å². The summed E-state index contributed by atoms with van der Waals surface area (Å²) in [7, 11) is 0. The molecule has 1 aromatic rings. The molecule has 2 unspecified atom stereocenters. The summed E-state index contributed by atoms with van der Waals surface area (Å²) in [5, 5.41) is 0. The third kappa shape index (κ3) is 5.58. The van der Waals surface area contributed by atoms with Crippen molar-refractivity contribution >= 4 is 0 Å². The van der Waals surface area contributed by atoms with Gasteiger partial charge >= 0.3 is 0 Å². The molecule has 1 heterocycles. The van der Waals surface area contributed by atoms with E-state index in [1.165, 1.54) is 81.8 Å². The molecule has 0 radical (unpaired) electrons. The second kappa shape index (κ2) is 9.76. The second-order valence-corrected chi connectivity index (χ2v) is 8.59. The molecular formula is C24H38O. The molecule has 2 fully saturated rings. The highest BCUT2D eigenvalue weighted by atomic mass is 16.5. The van der Waals surface area contributed by atoms with E-state index in [4.69, 9.17) is 4.74 Å². The monoisotopic (exact) mass is 342 g/mol. The van der Waals surface area contributed by atoms with Gasteiger partial charge in [0.05, 0.1) is 12.7 Å². The number of hydrogen-bond acceptors (Lipinski definition) is 1. The van der Waals surface area contributed by atoms with Crippen molar-refractivity contribution in [3.05, 3.63) is 35.4 Å². The molecule has 1 aliphatic carbocycles. The first-order valence-electron chi connectivity index (χ1n) is 11.0. The molecule has 140 valence electrons. The molecule has 1 heteroatoms. The Labute approximate surface area is 155 Å². The van der Waals surface area contributed by atoms with Crippen molar-refractivity contribution in [3.63, 3.8) is 0 Å². The van der Waals surface area contributed by atoms with E-state index in [0.717, 1.165) is 24.4 Å². The Balaban J connectivity index is 1.36. The maximum atomic E-state index is 6.28. The summed E-state index contributed by atoms with van der Waals surface area (Å²) >= 11 is 0. The fourth-order valence-electron chi connectivity index (χ4n) is 4.98. The quantitative estimate of drug-likeness (QED) is 0.543.